The highest BCUT2D eigenvalue weighted by Crippen LogP contribution is 2.21. The summed E-state index contributed by atoms with van der Waals surface area (Å²) in [5, 5.41) is 7.62. The SMILES string of the molecule is CCOCCSc1nnc([S-])s1. The zero-order valence-corrected chi connectivity index (χ0v) is 9.10. The number of aromatic nitrogens is 2. The summed E-state index contributed by atoms with van der Waals surface area (Å²) in [6, 6.07) is 0. The van der Waals surface area contributed by atoms with Crippen LogP contribution in [0.2, 0.25) is 0 Å². The van der Waals surface area contributed by atoms with Crippen LogP contribution < -0.4 is 0 Å². The fraction of sp³-hybridized carbons (Fsp3) is 0.667. The second-order valence-electron chi connectivity index (χ2n) is 1.88. The fourth-order valence-electron chi connectivity index (χ4n) is 0.588. The van der Waals surface area contributed by atoms with Crippen molar-refractivity contribution in [1.29, 1.82) is 0 Å². The molecule has 0 bridgehead atoms. The molecule has 0 aliphatic rings. The molecule has 0 unspecified atom stereocenters. The largest absolute Gasteiger partial charge is 0.406 e. The van der Waals surface area contributed by atoms with Gasteiger partial charge in [-0.1, -0.05) is 0 Å². The van der Waals surface area contributed by atoms with Crippen LogP contribution in [0.5, 0.6) is 0 Å². The maximum Gasteiger partial charge on any atom is 0.0806 e. The van der Waals surface area contributed by atoms with Gasteiger partial charge in [-0.2, -0.15) is 10.2 Å². The first kappa shape index (κ1) is 10.2. The Kier molecular flexibility index (Phi) is 4.82. The Bertz CT molecular complexity index is 228. The first-order valence-electron chi connectivity index (χ1n) is 3.54. The van der Waals surface area contributed by atoms with Gasteiger partial charge in [0.2, 0.25) is 0 Å². The van der Waals surface area contributed by atoms with Crippen molar-refractivity contribution in [3.63, 3.8) is 0 Å². The molecule has 3 nitrogen and oxygen atoms in total. The maximum absolute atomic E-state index is 5.17. The highest BCUT2D eigenvalue weighted by atomic mass is 32.2. The average molecular weight is 221 g/mol. The van der Waals surface area contributed by atoms with Gasteiger partial charge in [0.15, 0.2) is 0 Å². The van der Waals surface area contributed by atoms with E-state index in [2.05, 4.69) is 10.2 Å². The second kappa shape index (κ2) is 5.69. The lowest BCUT2D eigenvalue weighted by Crippen LogP contribution is -1.95. The summed E-state index contributed by atoms with van der Waals surface area (Å²) >= 11 is 7.92. The monoisotopic (exact) mass is 221 g/mol. The van der Waals surface area contributed by atoms with E-state index < -0.39 is 0 Å². The molecule has 1 aromatic heterocycles. The lowest BCUT2D eigenvalue weighted by atomic mass is 10.8. The number of hydrogen-bond donors (Lipinski definition) is 0. The van der Waals surface area contributed by atoms with E-state index in [4.69, 9.17) is 17.4 Å². The molecule has 68 valence electrons. The van der Waals surface area contributed by atoms with Gasteiger partial charge >= 0.3 is 0 Å². The zero-order valence-electron chi connectivity index (χ0n) is 6.65. The van der Waals surface area contributed by atoms with Crippen LogP contribution in [-0.2, 0) is 17.4 Å². The van der Waals surface area contributed by atoms with Gasteiger partial charge in [0.25, 0.3) is 0 Å². The number of ether oxygens (including phenoxy) is 1. The summed E-state index contributed by atoms with van der Waals surface area (Å²) in [5.41, 5.74) is 0. The molecule has 0 aromatic carbocycles. The van der Waals surface area contributed by atoms with E-state index in [9.17, 15) is 0 Å². The van der Waals surface area contributed by atoms with Crippen molar-refractivity contribution in [1.82, 2.24) is 10.2 Å². The van der Waals surface area contributed by atoms with Gasteiger partial charge in [-0.25, -0.2) is 0 Å². The first-order valence-corrected chi connectivity index (χ1v) is 5.75. The fourth-order valence-corrected chi connectivity index (χ4v) is 2.53. The quantitative estimate of drug-likeness (QED) is 0.428. The van der Waals surface area contributed by atoms with Gasteiger partial charge in [-0.15, -0.1) is 11.8 Å². The van der Waals surface area contributed by atoms with Crippen LogP contribution in [0, 0.1) is 0 Å². The molecular weight excluding hydrogens is 212 g/mol. The van der Waals surface area contributed by atoms with Gasteiger partial charge in [0, 0.05) is 12.4 Å². The summed E-state index contributed by atoms with van der Waals surface area (Å²) in [6.45, 7) is 3.51. The molecule has 0 amide bonds. The third kappa shape index (κ3) is 3.66. The number of nitrogens with zero attached hydrogens (tertiary/aromatic N) is 2. The summed E-state index contributed by atoms with van der Waals surface area (Å²) < 4.78 is 6.71. The van der Waals surface area contributed by atoms with Crippen LogP contribution in [0.4, 0.5) is 0 Å². The van der Waals surface area contributed by atoms with Crippen molar-refractivity contribution in [2.75, 3.05) is 19.0 Å². The highest BCUT2D eigenvalue weighted by Gasteiger charge is 1.92. The van der Waals surface area contributed by atoms with Crippen LogP contribution >= 0.6 is 23.1 Å². The highest BCUT2D eigenvalue weighted by molar-refractivity contribution is 8.01. The summed E-state index contributed by atoms with van der Waals surface area (Å²) in [4.78, 5) is 0. The molecule has 6 heteroatoms. The Morgan fingerprint density at radius 3 is 3.00 bits per heavy atom. The Balaban J connectivity index is 2.15. The molecule has 0 saturated heterocycles. The van der Waals surface area contributed by atoms with Crippen molar-refractivity contribution in [3.05, 3.63) is 0 Å². The van der Waals surface area contributed by atoms with Crippen LogP contribution in [0.15, 0.2) is 8.68 Å². The van der Waals surface area contributed by atoms with Crippen LogP contribution in [0.3, 0.4) is 0 Å². The molecule has 0 radical (unpaired) electrons. The second-order valence-corrected chi connectivity index (χ2v) is 4.84. The van der Waals surface area contributed by atoms with E-state index >= 15 is 0 Å². The Labute approximate surface area is 85.3 Å². The molecular formula is C6H9N2OS3-. The number of hydrogen-bond acceptors (Lipinski definition) is 6. The van der Waals surface area contributed by atoms with E-state index in [0.29, 0.717) is 4.34 Å². The molecule has 0 atom stereocenters. The molecule has 0 spiro atoms. The van der Waals surface area contributed by atoms with Crippen molar-refractivity contribution in [2.45, 2.75) is 15.6 Å². The maximum atomic E-state index is 5.17. The lowest BCUT2D eigenvalue weighted by molar-refractivity contribution is 0.164. The minimum Gasteiger partial charge on any atom is -0.406 e. The van der Waals surface area contributed by atoms with Crippen molar-refractivity contribution in [2.24, 2.45) is 0 Å². The molecule has 1 heterocycles. The Hall–Kier alpha value is 0.0900. The van der Waals surface area contributed by atoms with Gasteiger partial charge in [-0.3, -0.25) is 0 Å². The molecule has 0 saturated carbocycles. The summed E-state index contributed by atoms with van der Waals surface area (Å²) in [5.74, 6) is 0.914. The molecule has 1 aromatic rings. The number of rotatable bonds is 5. The van der Waals surface area contributed by atoms with Gasteiger partial charge in [0.05, 0.1) is 10.9 Å². The normalized spacial score (nSPS) is 10.4. The van der Waals surface area contributed by atoms with Crippen molar-refractivity contribution in [3.8, 4) is 0 Å². The third-order valence-corrected chi connectivity index (χ3v) is 3.19. The zero-order chi connectivity index (χ0) is 8.81. The minimum absolute atomic E-state index is 0.605. The van der Waals surface area contributed by atoms with E-state index in [1.807, 2.05) is 6.92 Å². The molecule has 0 aliphatic heterocycles. The molecule has 0 N–H and O–H groups in total. The van der Waals surface area contributed by atoms with Gasteiger partial charge in [-0.05, 0) is 11.3 Å². The topological polar surface area (TPSA) is 35.0 Å². The Morgan fingerprint density at radius 1 is 1.58 bits per heavy atom. The lowest BCUT2D eigenvalue weighted by Gasteiger charge is -1.99. The van der Waals surface area contributed by atoms with Crippen LogP contribution in [-0.4, -0.2) is 29.2 Å². The molecule has 12 heavy (non-hydrogen) atoms. The molecule has 0 aliphatic carbocycles. The van der Waals surface area contributed by atoms with Crippen molar-refractivity contribution >= 4 is 35.7 Å². The summed E-state index contributed by atoms with van der Waals surface area (Å²) in [6.07, 6.45) is 0. The van der Waals surface area contributed by atoms with E-state index in [1.54, 1.807) is 11.8 Å². The Morgan fingerprint density at radius 2 is 2.42 bits per heavy atom. The van der Waals surface area contributed by atoms with Crippen LogP contribution in [0.25, 0.3) is 0 Å². The van der Waals surface area contributed by atoms with E-state index in [-0.39, 0.29) is 0 Å². The van der Waals surface area contributed by atoms with Crippen molar-refractivity contribution < 1.29 is 4.74 Å². The number of thioether (sulfide) groups is 1. The molecule has 1 rings (SSSR count). The standard InChI is InChI=1S/C6H10N2OS3/c1-2-9-3-4-11-6-8-7-5(10)12-6/h2-4H2,1H3,(H,7,10)/p-1. The first-order chi connectivity index (χ1) is 5.83. The predicted molar refractivity (Wildman–Crippen MR) is 52.8 cm³/mol. The smallest absolute Gasteiger partial charge is 0.0806 e. The van der Waals surface area contributed by atoms with Gasteiger partial charge < -0.3 is 28.7 Å². The predicted octanol–water partition coefficient (Wildman–Crippen LogP) is 1.57. The molecule has 0 fully saturated rings. The minimum atomic E-state index is 0.605. The van der Waals surface area contributed by atoms with Gasteiger partial charge in [0.1, 0.15) is 0 Å². The third-order valence-electron chi connectivity index (χ3n) is 1.05. The van der Waals surface area contributed by atoms with E-state index in [1.165, 1.54) is 11.3 Å². The van der Waals surface area contributed by atoms with Crippen LogP contribution in [0.1, 0.15) is 6.92 Å². The van der Waals surface area contributed by atoms with E-state index in [0.717, 1.165) is 23.3 Å². The average Bonchev–Trinajstić information content (AvgIpc) is 2.45. The summed E-state index contributed by atoms with van der Waals surface area (Å²) in [7, 11) is 0.